The van der Waals surface area contributed by atoms with Gasteiger partial charge < -0.3 is 0 Å². The Labute approximate surface area is 111 Å². The van der Waals surface area contributed by atoms with Crippen LogP contribution in [0.2, 0.25) is 0 Å². The summed E-state index contributed by atoms with van der Waals surface area (Å²) >= 11 is 0. The number of amides is 1. The number of hydrogen-bond donors (Lipinski definition) is 2. The van der Waals surface area contributed by atoms with Crippen LogP contribution >= 0.6 is 0 Å². The highest BCUT2D eigenvalue weighted by Crippen LogP contribution is 1.89. The average molecular weight is 285 g/mol. The fourth-order valence-corrected chi connectivity index (χ4v) is 1.53. The molecule has 9 heteroatoms. The number of aromatic nitrogens is 1. The molecule has 1 heterocycles. The van der Waals surface area contributed by atoms with Gasteiger partial charge in [0, 0.05) is 32.1 Å². The van der Waals surface area contributed by atoms with Crippen LogP contribution in [-0.4, -0.2) is 50.5 Å². The fraction of sp³-hybridized carbons (Fsp3) is 0.300. The highest BCUT2D eigenvalue weighted by Gasteiger charge is 2.13. The van der Waals surface area contributed by atoms with E-state index in [0.29, 0.717) is 0 Å². The average Bonchev–Trinajstić information content (AvgIpc) is 2.37. The molecular formula is C10H15N5O3S. The van der Waals surface area contributed by atoms with Crippen LogP contribution in [0.1, 0.15) is 5.56 Å². The van der Waals surface area contributed by atoms with Crippen LogP contribution in [-0.2, 0) is 15.0 Å². The predicted molar refractivity (Wildman–Crippen MR) is 70.6 cm³/mol. The van der Waals surface area contributed by atoms with Gasteiger partial charge in [0.05, 0.1) is 12.8 Å². The summed E-state index contributed by atoms with van der Waals surface area (Å²) in [6, 6.07) is 3.49. The van der Waals surface area contributed by atoms with Crippen molar-refractivity contribution in [3.63, 3.8) is 0 Å². The first-order valence-corrected chi connectivity index (χ1v) is 6.75. The largest absolute Gasteiger partial charge is 0.279 e. The lowest BCUT2D eigenvalue weighted by atomic mass is 10.3. The summed E-state index contributed by atoms with van der Waals surface area (Å²) in [5.74, 6) is -0.564. The SMILES string of the molecule is CN(C)S(=O)(=O)NCC(=O)N/N=C/c1cccnc1. The van der Waals surface area contributed by atoms with Gasteiger partial charge in [0.25, 0.3) is 16.1 Å². The predicted octanol–water partition coefficient (Wildman–Crippen LogP) is -1.07. The summed E-state index contributed by atoms with van der Waals surface area (Å²) < 4.78 is 25.7. The Morgan fingerprint density at radius 1 is 1.53 bits per heavy atom. The van der Waals surface area contributed by atoms with Crippen LogP contribution in [0.4, 0.5) is 0 Å². The Kier molecular flexibility index (Phi) is 5.55. The van der Waals surface area contributed by atoms with E-state index in [1.165, 1.54) is 20.3 Å². The van der Waals surface area contributed by atoms with Crippen molar-refractivity contribution in [2.24, 2.45) is 5.10 Å². The fourth-order valence-electron chi connectivity index (χ4n) is 0.957. The van der Waals surface area contributed by atoms with E-state index in [0.717, 1.165) is 9.87 Å². The van der Waals surface area contributed by atoms with Crippen LogP contribution in [0.3, 0.4) is 0 Å². The van der Waals surface area contributed by atoms with Gasteiger partial charge in [-0.1, -0.05) is 6.07 Å². The van der Waals surface area contributed by atoms with Crippen LogP contribution in [0.25, 0.3) is 0 Å². The normalized spacial score (nSPS) is 11.9. The van der Waals surface area contributed by atoms with Gasteiger partial charge in [0.2, 0.25) is 0 Å². The topological polar surface area (TPSA) is 104 Å². The van der Waals surface area contributed by atoms with Crippen molar-refractivity contribution in [2.75, 3.05) is 20.6 Å². The van der Waals surface area contributed by atoms with Gasteiger partial charge >= 0.3 is 0 Å². The maximum absolute atomic E-state index is 11.3. The van der Waals surface area contributed by atoms with Gasteiger partial charge in [-0.15, -0.1) is 0 Å². The van der Waals surface area contributed by atoms with Crippen molar-refractivity contribution in [3.05, 3.63) is 30.1 Å². The Bertz CT molecular complexity index is 542. The molecule has 0 bridgehead atoms. The Morgan fingerprint density at radius 3 is 2.84 bits per heavy atom. The molecule has 2 N–H and O–H groups in total. The van der Waals surface area contributed by atoms with E-state index in [4.69, 9.17) is 0 Å². The quantitative estimate of drug-likeness (QED) is 0.513. The van der Waals surface area contributed by atoms with E-state index in [2.05, 4.69) is 20.2 Å². The van der Waals surface area contributed by atoms with E-state index in [-0.39, 0.29) is 6.54 Å². The molecule has 1 rings (SSSR count). The summed E-state index contributed by atoms with van der Waals surface area (Å²) in [4.78, 5) is 15.2. The standard InChI is InChI=1S/C10H15N5O3S/c1-15(2)19(17,18)13-8-10(16)14-12-7-9-4-3-5-11-6-9/h3-7,13H,8H2,1-2H3,(H,14,16)/b12-7+. The molecule has 0 unspecified atom stereocenters. The van der Waals surface area contributed by atoms with Crippen LogP contribution < -0.4 is 10.1 Å². The lowest BCUT2D eigenvalue weighted by Gasteiger charge is -2.11. The highest BCUT2D eigenvalue weighted by atomic mass is 32.2. The monoisotopic (exact) mass is 285 g/mol. The minimum absolute atomic E-state index is 0.384. The molecule has 0 aliphatic heterocycles. The summed E-state index contributed by atoms with van der Waals surface area (Å²) in [7, 11) is -0.886. The molecule has 0 aliphatic rings. The smallest absolute Gasteiger partial charge is 0.272 e. The second kappa shape index (κ2) is 6.92. The number of hydrogen-bond acceptors (Lipinski definition) is 5. The number of nitrogens with zero attached hydrogens (tertiary/aromatic N) is 3. The molecule has 0 radical (unpaired) electrons. The highest BCUT2D eigenvalue weighted by molar-refractivity contribution is 7.87. The van der Waals surface area contributed by atoms with Crippen LogP contribution in [0, 0.1) is 0 Å². The molecule has 1 aromatic heterocycles. The van der Waals surface area contributed by atoms with Gasteiger partial charge in [-0.25, -0.2) is 5.43 Å². The van der Waals surface area contributed by atoms with Gasteiger partial charge in [-0.2, -0.15) is 22.5 Å². The molecule has 19 heavy (non-hydrogen) atoms. The zero-order valence-corrected chi connectivity index (χ0v) is 11.4. The lowest BCUT2D eigenvalue weighted by Crippen LogP contribution is -2.41. The second-order valence-corrected chi connectivity index (χ2v) is 5.66. The third-order valence-electron chi connectivity index (χ3n) is 1.98. The van der Waals surface area contributed by atoms with E-state index < -0.39 is 16.1 Å². The first-order chi connectivity index (χ1) is 8.92. The van der Waals surface area contributed by atoms with Crippen LogP contribution in [0.5, 0.6) is 0 Å². The number of carbonyl (C=O) groups excluding carboxylic acids is 1. The van der Waals surface area contributed by atoms with Gasteiger partial charge in [0.15, 0.2) is 0 Å². The van der Waals surface area contributed by atoms with Crippen molar-refractivity contribution in [2.45, 2.75) is 0 Å². The number of carbonyl (C=O) groups is 1. The summed E-state index contributed by atoms with van der Waals surface area (Å²) in [6.45, 7) is -0.384. The van der Waals surface area contributed by atoms with Crippen molar-refractivity contribution in [1.82, 2.24) is 19.4 Å². The molecular weight excluding hydrogens is 270 g/mol. The van der Waals surface area contributed by atoms with Gasteiger partial charge in [-0.05, 0) is 6.07 Å². The third-order valence-corrected chi connectivity index (χ3v) is 3.45. The van der Waals surface area contributed by atoms with Crippen molar-refractivity contribution in [3.8, 4) is 0 Å². The summed E-state index contributed by atoms with van der Waals surface area (Å²) in [5, 5.41) is 3.67. The number of hydrazone groups is 1. The first-order valence-electron chi connectivity index (χ1n) is 5.31. The Balaban J connectivity index is 2.39. The van der Waals surface area contributed by atoms with Gasteiger partial charge in [-0.3, -0.25) is 9.78 Å². The molecule has 8 nitrogen and oxygen atoms in total. The van der Waals surface area contributed by atoms with E-state index in [1.807, 2.05) is 0 Å². The Hall–Kier alpha value is -1.84. The zero-order chi connectivity index (χ0) is 14.3. The van der Waals surface area contributed by atoms with Gasteiger partial charge in [0.1, 0.15) is 0 Å². The minimum Gasteiger partial charge on any atom is -0.272 e. The minimum atomic E-state index is -3.61. The van der Waals surface area contributed by atoms with E-state index >= 15 is 0 Å². The molecule has 0 fully saturated rings. The Morgan fingerprint density at radius 2 is 2.26 bits per heavy atom. The van der Waals surface area contributed by atoms with Crippen molar-refractivity contribution >= 4 is 22.3 Å². The number of pyridine rings is 1. The van der Waals surface area contributed by atoms with E-state index in [9.17, 15) is 13.2 Å². The second-order valence-electron chi connectivity index (χ2n) is 3.69. The molecule has 1 aromatic rings. The molecule has 0 aromatic carbocycles. The molecule has 0 saturated carbocycles. The molecule has 104 valence electrons. The van der Waals surface area contributed by atoms with E-state index in [1.54, 1.807) is 24.5 Å². The third kappa shape index (κ3) is 5.55. The number of nitrogens with one attached hydrogen (secondary N) is 2. The summed E-state index contributed by atoms with van der Waals surface area (Å²) in [5.41, 5.74) is 2.92. The first kappa shape index (κ1) is 15.2. The summed E-state index contributed by atoms with van der Waals surface area (Å²) in [6.07, 6.45) is 4.60. The lowest BCUT2D eigenvalue weighted by molar-refractivity contribution is -0.119. The maximum atomic E-state index is 11.3. The van der Waals surface area contributed by atoms with Crippen molar-refractivity contribution < 1.29 is 13.2 Å². The molecule has 0 saturated heterocycles. The molecule has 0 spiro atoms. The maximum Gasteiger partial charge on any atom is 0.279 e. The molecule has 0 aliphatic carbocycles. The number of rotatable bonds is 6. The molecule has 1 amide bonds. The zero-order valence-electron chi connectivity index (χ0n) is 10.6. The molecule has 0 atom stereocenters. The van der Waals surface area contributed by atoms with Crippen molar-refractivity contribution in [1.29, 1.82) is 0 Å². The van der Waals surface area contributed by atoms with Crippen LogP contribution in [0.15, 0.2) is 29.6 Å².